The molecule has 0 atom stereocenters. The van der Waals surface area contributed by atoms with E-state index in [1.54, 1.807) is 0 Å². The summed E-state index contributed by atoms with van der Waals surface area (Å²) in [5, 5.41) is 12.8. The van der Waals surface area contributed by atoms with Crippen molar-refractivity contribution in [2.45, 2.75) is 0 Å². The maximum Gasteiger partial charge on any atom is 0.0782 e. The SMILES string of the molecule is c1ccc(N(c2ccc3c(ccc4ccc5cc6c(cc5c43)sc3ccccc36)c2)c2cccc3c4ccccc4n(-c4ccccc4)c23)cc1. The predicted molar refractivity (Wildman–Crippen MR) is 221 cm³/mol. The number of fused-ring (bicyclic) bond motifs is 11. The van der Waals surface area contributed by atoms with E-state index in [2.05, 4.69) is 191 Å². The Bertz CT molecular complexity index is 3140. The highest BCUT2D eigenvalue weighted by Crippen LogP contribution is 2.45. The number of para-hydroxylation sites is 4. The Morgan fingerprint density at radius 1 is 0.392 bits per heavy atom. The molecule has 0 radical (unpaired) electrons. The van der Waals surface area contributed by atoms with Crippen molar-refractivity contribution in [3.63, 3.8) is 0 Å². The van der Waals surface area contributed by atoms with E-state index in [0.717, 1.165) is 22.7 Å². The molecule has 9 aromatic carbocycles. The van der Waals surface area contributed by atoms with Crippen LogP contribution in [0.4, 0.5) is 17.1 Å². The van der Waals surface area contributed by atoms with Gasteiger partial charge in [-0.15, -0.1) is 11.3 Å². The smallest absolute Gasteiger partial charge is 0.0782 e. The zero-order valence-corrected chi connectivity index (χ0v) is 28.4. The maximum absolute atomic E-state index is 2.42. The third-order valence-corrected chi connectivity index (χ3v) is 11.6. The average Bonchev–Trinajstić information content (AvgIpc) is 3.73. The standard InChI is InChI=1S/C48H30N2S/c1-3-12-34(13-4-1)49(44-20-11-18-40-38-16-7-9-19-43(38)50(48(40)44)35-14-5-2-6-15-35)36-26-27-37-32(28-36)24-22-31-23-25-33-29-42-39-17-8-10-21-45(39)51-46(42)30-41(33)47(31)37/h1-30H. The van der Waals surface area contributed by atoms with Crippen LogP contribution < -0.4 is 4.90 Å². The van der Waals surface area contributed by atoms with Crippen LogP contribution in [0.15, 0.2) is 182 Å². The summed E-state index contributed by atoms with van der Waals surface area (Å²) >= 11 is 1.89. The minimum absolute atomic E-state index is 1.12. The van der Waals surface area contributed by atoms with E-state index in [0.29, 0.717) is 0 Å². The van der Waals surface area contributed by atoms with Crippen molar-refractivity contribution in [1.82, 2.24) is 4.57 Å². The van der Waals surface area contributed by atoms with Gasteiger partial charge in [-0.05, 0) is 99.0 Å². The Balaban J connectivity index is 1.18. The number of hydrogen-bond acceptors (Lipinski definition) is 2. The lowest BCUT2D eigenvalue weighted by molar-refractivity contribution is 1.17. The average molecular weight is 667 g/mol. The van der Waals surface area contributed by atoms with Gasteiger partial charge >= 0.3 is 0 Å². The van der Waals surface area contributed by atoms with E-state index in [1.165, 1.54) is 74.3 Å². The summed E-state index contributed by atoms with van der Waals surface area (Å²) in [6, 6.07) is 66.7. The lowest BCUT2D eigenvalue weighted by atomic mass is 9.95. The van der Waals surface area contributed by atoms with Gasteiger partial charge in [-0.1, -0.05) is 115 Å². The maximum atomic E-state index is 2.42. The molecule has 0 saturated heterocycles. The summed E-state index contributed by atoms with van der Waals surface area (Å²) in [7, 11) is 0. The third-order valence-electron chi connectivity index (χ3n) is 10.5. The van der Waals surface area contributed by atoms with Crippen LogP contribution in [0.2, 0.25) is 0 Å². The van der Waals surface area contributed by atoms with Crippen molar-refractivity contribution in [1.29, 1.82) is 0 Å². The quantitative estimate of drug-likeness (QED) is 0.170. The molecule has 11 aromatic rings. The van der Waals surface area contributed by atoms with E-state index in [4.69, 9.17) is 0 Å². The zero-order valence-electron chi connectivity index (χ0n) is 27.6. The second-order valence-corrected chi connectivity index (χ2v) is 14.4. The topological polar surface area (TPSA) is 8.17 Å². The number of aromatic nitrogens is 1. The normalized spacial score (nSPS) is 11.9. The Kier molecular flexibility index (Phi) is 6.16. The van der Waals surface area contributed by atoms with Crippen LogP contribution in [-0.2, 0) is 0 Å². The Labute approximate surface area is 298 Å². The molecule has 0 N–H and O–H groups in total. The van der Waals surface area contributed by atoms with E-state index in [-0.39, 0.29) is 0 Å². The Hall–Kier alpha value is -6.42. The van der Waals surface area contributed by atoms with Gasteiger partial charge in [0.1, 0.15) is 0 Å². The predicted octanol–water partition coefficient (Wildman–Crippen LogP) is 14.1. The highest BCUT2D eigenvalue weighted by atomic mass is 32.1. The second-order valence-electron chi connectivity index (χ2n) is 13.3. The van der Waals surface area contributed by atoms with Crippen molar-refractivity contribution in [3.8, 4) is 5.69 Å². The summed E-state index contributed by atoms with van der Waals surface area (Å²) in [5.74, 6) is 0. The first-order chi connectivity index (χ1) is 25.3. The molecule has 3 heteroatoms. The summed E-state index contributed by atoms with van der Waals surface area (Å²) < 4.78 is 5.09. The van der Waals surface area contributed by atoms with Crippen molar-refractivity contribution < 1.29 is 0 Å². The van der Waals surface area contributed by atoms with Gasteiger partial charge in [0, 0.05) is 48.0 Å². The van der Waals surface area contributed by atoms with Gasteiger partial charge in [0.15, 0.2) is 0 Å². The van der Waals surface area contributed by atoms with Crippen LogP contribution in [0.5, 0.6) is 0 Å². The van der Waals surface area contributed by atoms with Gasteiger partial charge in [-0.2, -0.15) is 0 Å². The van der Waals surface area contributed by atoms with Gasteiger partial charge < -0.3 is 9.47 Å². The molecule has 0 aliphatic rings. The molecular weight excluding hydrogens is 637 g/mol. The van der Waals surface area contributed by atoms with Gasteiger partial charge in [0.2, 0.25) is 0 Å². The van der Waals surface area contributed by atoms with Crippen molar-refractivity contribution in [2.24, 2.45) is 0 Å². The van der Waals surface area contributed by atoms with E-state index in [1.807, 2.05) is 11.3 Å². The largest absolute Gasteiger partial charge is 0.308 e. The first kappa shape index (κ1) is 28.4. The molecular formula is C48H30N2S. The minimum Gasteiger partial charge on any atom is -0.308 e. The highest BCUT2D eigenvalue weighted by molar-refractivity contribution is 7.25. The molecule has 51 heavy (non-hydrogen) atoms. The fourth-order valence-electron chi connectivity index (χ4n) is 8.27. The molecule has 2 heterocycles. The van der Waals surface area contributed by atoms with Crippen LogP contribution >= 0.6 is 11.3 Å². The second kappa shape index (κ2) is 11.0. The van der Waals surface area contributed by atoms with Gasteiger partial charge in [-0.3, -0.25) is 0 Å². The lowest BCUT2D eigenvalue weighted by Crippen LogP contribution is -2.11. The lowest BCUT2D eigenvalue weighted by Gasteiger charge is -2.27. The fraction of sp³-hybridized carbons (Fsp3) is 0. The Morgan fingerprint density at radius 3 is 1.92 bits per heavy atom. The summed E-state index contributed by atoms with van der Waals surface area (Å²) in [6.07, 6.45) is 0. The van der Waals surface area contributed by atoms with Crippen molar-refractivity contribution in [2.75, 3.05) is 4.90 Å². The molecule has 2 aromatic heterocycles. The van der Waals surface area contributed by atoms with Crippen LogP contribution in [-0.4, -0.2) is 4.57 Å². The molecule has 2 nitrogen and oxygen atoms in total. The molecule has 238 valence electrons. The van der Waals surface area contributed by atoms with Crippen LogP contribution in [0.3, 0.4) is 0 Å². The number of thiophene rings is 1. The van der Waals surface area contributed by atoms with E-state index in [9.17, 15) is 0 Å². The fourth-order valence-corrected chi connectivity index (χ4v) is 9.39. The monoisotopic (exact) mass is 666 g/mol. The molecule has 0 spiro atoms. The molecule has 0 fully saturated rings. The molecule has 0 aliphatic carbocycles. The number of anilines is 3. The van der Waals surface area contributed by atoms with Gasteiger partial charge in [0.25, 0.3) is 0 Å². The Morgan fingerprint density at radius 2 is 1.08 bits per heavy atom. The number of benzene rings is 9. The molecule has 0 amide bonds. The third kappa shape index (κ3) is 4.29. The first-order valence-electron chi connectivity index (χ1n) is 17.4. The van der Waals surface area contributed by atoms with E-state index < -0.39 is 0 Å². The van der Waals surface area contributed by atoms with Crippen LogP contribution in [0.1, 0.15) is 0 Å². The molecule has 0 bridgehead atoms. The molecule has 0 saturated carbocycles. The molecule has 11 rings (SSSR count). The summed E-state index contributed by atoms with van der Waals surface area (Å²) in [5.41, 5.74) is 6.91. The summed E-state index contributed by atoms with van der Waals surface area (Å²) in [6.45, 7) is 0. The van der Waals surface area contributed by atoms with Crippen LogP contribution in [0.25, 0.3) is 80.0 Å². The zero-order chi connectivity index (χ0) is 33.5. The van der Waals surface area contributed by atoms with Gasteiger partial charge in [-0.25, -0.2) is 0 Å². The van der Waals surface area contributed by atoms with Crippen molar-refractivity contribution >= 4 is 103 Å². The van der Waals surface area contributed by atoms with Crippen molar-refractivity contribution in [3.05, 3.63) is 182 Å². The van der Waals surface area contributed by atoms with E-state index >= 15 is 0 Å². The van der Waals surface area contributed by atoms with Crippen LogP contribution in [0, 0.1) is 0 Å². The number of nitrogens with zero attached hydrogens (tertiary/aromatic N) is 2. The molecule has 0 unspecified atom stereocenters. The minimum atomic E-state index is 1.12. The number of rotatable bonds is 4. The first-order valence-corrected chi connectivity index (χ1v) is 18.3. The highest BCUT2D eigenvalue weighted by Gasteiger charge is 2.22. The number of hydrogen-bond donors (Lipinski definition) is 0. The molecule has 0 aliphatic heterocycles. The summed E-state index contributed by atoms with van der Waals surface area (Å²) in [4.78, 5) is 2.42. The van der Waals surface area contributed by atoms with Gasteiger partial charge in [0.05, 0.1) is 16.7 Å².